The third-order valence-corrected chi connectivity index (χ3v) is 4.38. The lowest BCUT2D eigenvalue weighted by Crippen LogP contribution is -2.11. The van der Waals surface area contributed by atoms with Gasteiger partial charge in [0.2, 0.25) is 5.78 Å². The van der Waals surface area contributed by atoms with Gasteiger partial charge in [0, 0.05) is 22.3 Å². The number of rotatable bonds is 8. The molecule has 2 rings (SSSR count). The van der Waals surface area contributed by atoms with Crippen LogP contribution in [0.15, 0.2) is 63.5 Å². The molecular weight excluding hydrogens is 382 g/mol. The van der Waals surface area contributed by atoms with Crippen LogP contribution in [-0.2, 0) is 14.4 Å². The van der Waals surface area contributed by atoms with Gasteiger partial charge in [0.15, 0.2) is 0 Å². The highest BCUT2D eigenvalue weighted by molar-refractivity contribution is 7.99. The number of hydrogen-bond acceptors (Lipinski definition) is 8. The molecule has 2 aromatic carbocycles. The first-order valence-corrected chi connectivity index (χ1v) is 9.15. The molecule has 2 aromatic rings. The van der Waals surface area contributed by atoms with Crippen molar-refractivity contribution in [1.82, 2.24) is 0 Å². The van der Waals surface area contributed by atoms with Gasteiger partial charge in [-0.25, -0.2) is 9.59 Å². The molecule has 0 aromatic heterocycles. The van der Waals surface area contributed by atoms with Crippen LogP contribution in [0, 0.1) is 0 Å². The molecule has 0 aliphatic rings. The molecule has 146 valence electrons. The van der Waals surface area contributed by atoms with Crippen LogP contribution >= 0.6 is 11.8 Å². The highest BCUT2D eigenvalue weighted by Gasteiger charge is 2.12. The van der Waals surface area contributed by atoms with Gasteiger partial charge in [0.05, 0.1) is 12.2 Å². The quantitative estimate of drug-likeness (QED) is 0.238. The maximum atomic E-state index is 12.2. The minimum Gasteiger partial charge on any atom is -0.460 e. The zero-order chi connectivity index (χ0) is 20.5. The number of Topliss-reactive ketones (excluding diaryl/α,β-unsaturated/α-hetero) is 1. The summed E-state index contributed by atoms with van der Waals surface area (Å²) in [4.78, 5) is 41.0. The summed E-state index contributed by atoms with van der Waals surface area (Å²) in [6.07, 6.45) is 0. The van der Waals surface area contributed by atoms with E-state index in [2.05, 4.69) is 9.99 Å². The van der Waals surface area contributed by atoms with Gasteiger partial charge in [-0.1, -0.05) is 23.0 Å². The Morgan fingerprint density at radius 3 is 2.36 bits per heavy atom. The summed E-state index contributed by atoms with van der Waals surface area (Å²) in [5.74, 6) is -1.44. The van der Waals surface area contributed by atoms with Crippen LogP contribution in [0.4, 0.5) is 0 Å². The second kappa shape index (κ2) is 10.4. The molecule has 0 bridgehead atoms. The number of aliphatic hydroxyl groups excluding tert-OH is 1. The minimum atomic E-state index is -0.596. The van der Waals surface area contributed by atoms with E-state index < -0.39 is 11.9 Å². The Balaban J connectivity index is 2.06. The first-order valence-electron chi connectivity index (χ1n) is 8.33. The molecule has 0 saturated carbocycles. The van der Waals surface area contributed by atoms with E-state index in [4.69, 9.17) is 9.84 Å². The van der Waals surface area contributed by atoms with Crippen molar-refractivity contribution in [1.29, 1.82) is 0 Å². The molecule has 0 saturated heterocycles. The van der Waals surface area contributed by atoms with Crippen molar-refractivity contribution in [3.8, 4) is 0 Å². The standard InChI is InChI=1S/C20H19NO6S/c1-13(21-27-14(2)23)19(24)15-6-8-17(9-7-15)28-18-5-3-4-16(12-18)20(25)26-11-10-22/h3-9,12,22H,10-11H2,1-2H3/b21-13+. The van der Waals surface area contributed by atoms with E-state index in [1.165, 1.54) is 25.6 Å². The van der Waals surface area contributed by atoms with E-state index in [9.17, 15) is 14.4 Å². The summed E-state index contributed by atoms with van der Waals surface area (Å²) in [7, 11) is 0. The number of carbonyl (C=O) groups is 3. The van der Waals surface area contributed by atoms with Gasteiger partial charge >= 0.3 is 11.9 Å². The van der Waals surface area contributed by atoms with Crippen LogP contribution < -0.4 is 0 Å². The van der Waals surface area contributed by atoms with Gasteiger partial charge in [-0.2, -0.15) is 0 Å². The Morgan fingerprint density at radius 2 is 1.71 bits per heavy atom. The monoisotopic (exact) mass is 401 g/mol. The topological polar surface area (TPSA) is 102 Å². The number of ether oxygens (including phenoxy) is 1. The van der Waals surface area contributed by atoms with Crippen molar-refractivity contribution in [2.45, 2.75) is 23.6 Å². The lowest BCUT2D eigenvalue weighted by Gasteiger charge is -2.06. The molecule has 7 nitrogen and oxygen atoms in total. The second-order valence-electron chi connectivity index (χ2n) is 5.60. The van der Waals surface area contributed by atoms with Crippen LogP contribution in [0.2, 0.25) is 0 Å². The second-order valence-corrected chi connectivity index (χ2v) is 6.75. The Labute approximate surface area is 166 Å². The van der Waals surface area contributed by atoms with E-state index in [1.807, 2.05) is 6.07 Å². The summed E-state index contributed by atoms with van der Waals surface area (Å²) in [5, 5.41) is 12.2. The Bertz CT molecular complexity index is 892. The largest absolute Gasteiger partial charge is 0.460 e. The Kier molecular flexibility index (Phi) is 7.91. The lowest BCUT2D eigenvalue weighted by atomic mass is 10.1. The van der Waals surface area contributed by atoms with Gasteiger partial charge in [-0.15, -0.1) is 0 Å². The van der Waals surface area contributed by atoms with Crippen molar-refractivity contribution in [3.05, 3.63) is 59.7 Å². The minimum absolute atomic E-state index is 0.0497. The fourth-order valence-corrected chi connectivity index (χ4v) is 2.98. The molecule has 0 atom stereocenters. The van der Waals surface area contributed by atoms with Crippen molar-refractivity contribution in [3.63, 3.8) is 0 Å². The zero-order valence-electron chi connectivity index (χ0n) is 15.4. The molecule has 1 N–H and O–H groups in total. The van der Waals surface area contributed by atoms with Crippen LogP contribution in [0.3, 0.4) is 0 Å². The maximum Gasteiger partial charge on any atom is 0.338 e. The predicted octanol–water partition coefficient (Wildman–Crippen LogP) is 3.11. The van der Waals surface area contributed by atoms with Crippen molar-refractivity contribution >= 4 is 35.2 Å². The van der Waals surface area contributed by atoms with Crippen molar-refractivity contribution in [2.24, 2.45) is 5.16 Å². The van der Waals surface area contributed by atoms with Crippen LogP contribution in [-0.4, -0.2) is 41.8 Å². The van der Waals surface area contributed by atoms with Gasteiger partial charge in [0.1, 0.15) is 12.3 Å². The molecule has 0 heterocycles. The summed E-state index contributed by atoms with van der Waals surface area (Å²) in [6.45, 7) is 2.39. The number of benzene rings is 2. The lowest BCUT2D eigenvalue weighted by molar-refractivity contribution is -0.140. The smallest absolute Gasteiger partial charge is 0.338 e. The average molecular weight is 401 g/mol. The third kappa shape index (κ3) is 6.33. The Morgan fingerprint density at radius 1 is 1.00 bits per heavy atom. The normalized spacial score (nSPS) is 11.0. The summed E-state index contributed by atoms with van der Waals surface area (Å²) in [6, 6.07) is 13.8. The number of carbonyl (C=O) groups excluding carboxylic acids is 3. The predicted molar refractivity (Wildman–Crippen MR) is 104 cm³/mol. The number of oxime groups is 1. The van der Waals surface area contributed by atoms with Gasteiger partial charge in [0.25, 0.3) is 0 Å². The first-order chi connectivity index (χ1) is 13.4. The van der Waals surface area contributed by atoms with Crippen LogP contribution in [0.5, 0.6) is 0 Å². The third-order valence-electron chi connectivity index (χ3n) is 3.39. The highest BCUT2D eigenvalue weighted by atomic mass is 32.2. The van der Waals surface area contributed by atoms with Crippen molar-refractivity contribution < 1.29 is 29.1 Å². The average Bonchev–Trinajstić information content (AvgIpc) is 2.70. The number of hydrogen-bond donors (Lipinski definition) is 1. The molecular formula is C20H19NO6S. The number of nitrogens with zero attached hydrogens (tertiary/aromatic N) is 1. The van der Waals surface area contributed by atoms with Crippen molar-refractivity contribution in [2.75, 3.05) is 13.2 Å². The highest BCUT2D eigenvalue weighted by Crippen LogP contribution is 2.28. The van der Waals surface area contributed by atoms with E-state index >= 15 is 0 Å². The number of ketones is 1. The molecule has 0 spiro atoms. The Hall–Kier alpha value is -2.97. The molecule has 0 radical (unpaired) electrons. The van der Waals surface area contributed by atoms with E-state index in [0.717, 1.165) is 9.79 Å². The maximum absolute atomic E-state index is 12.2. The molecule has 8 heteroatoms. The molecule has 0 fully saturated rings. The molecule has 0 aliphatic carbocycles. The summed E-state index contributed by atoms with van der Waals surface area (Å²) >= 11 is 1.42. The summed E-state index contributed by atoms with van der Waals surface area (Å²) < 4.78 is 4.90. The van der Waals surface area contributed by atoms with E-state index in [0.29, 0.717) is 11.1 Å². The molecule has 0 aliphatic heterocycles. The summed E-state index contributed by atoms with van der Waals surface area (Å²) in [5.41, 5.74) is 0.881. The SMILES string of the molecule is CC(=O)O/N=C(\C)C(=O)c1ccc(Sc2cccc(C(=O)OCCO)c2)cc1. The van der Waals surface area contributed by atoms with Crippen LogP contribution in [0.1, 0.15) is 34.6 Å². The van der Waals surface area contributed by atoms with Crippen LogP contribution in [0.25, 0.3) is 0 Å². The first kappa shape index (κ1) is 21.3. The molecule has 28 heavy (non-hydrogen) atoms. The fraction of sp³-hybridized carbons (Fsp3) is 0.200. The van der Waals surface area contributed by atoms with Gasteiger partial charge in [-0.05, 0) is 49.4 Å². The van der Waals surface area contributed by atoms with Gasteiger partial charge < -0.3 is 14.7 Å². The molecule has 0 unspecified atom stereocenters. The molecule has 0 amide bonds. The van der Waals surface area contributed by atoms with Gasteiger partial charge in [-0.3, -0.25) is 4.79 Å². The van der Waals surface area contributed by atoms with E-state index in [-0.39, 0.29) is 24.7 Å². The zero-order valence-corrected chi connectivity index (χ0v) is 16.2. The number of aliphatic hydroxyl groups is 1. The van der Waals surface area contributed by atoms with E-state index in [1.54, 1.807) is 42.5 Å². The number of esters is 1. The fourth-order valence-electron chi connectivity index (χ4n) is 2.10.